The van der Waals surface area contributed by atoms with Crippen LogP contribution in [0.25, 0.3) is 0 Å². The van der Waals surface area contributed by atoms with Crippen molar-refractivity contribution in [3.8, 4) is 0 Å². The first-order valence-corrected chi connectivity index (χ1v) is 7.38. The normalized spacial score (nSPS) is 19.5. The fraction of sp³-hybridized carbons (Fsp3) is 0.250. The standard InChI is InChI=1S/C16H13N3O4/c20-14-10-4-1-2-5-11(10)15(21)19(14)23-16(22)12-6-3-7-13-17-8-9-18(12)13/h1-2,4-5,8-9,12H,3,6-7H2. The highest BCUT2D eigenvalue weighted by Gasteiger charge is 2.40. The Morgan fingerprint density at radius 1 is 1.17 bits per heavy atom. The summed E-state index contributed by atoms with van der Waals surface area (Å²) in [5.74, 6) is -1.04. The number of carbonyl (C=O) groups is 3. The molecular formula is C16H13N3O4. The summed E-state index contributed by atoms with van der Waals surface area (Å²) in [5, 5.41) is 0.554. The molecule has 0 radical (unpaired) electrons. The third kappa shape index (κ3) is 2.04. The topological polar surface area (TPSA) is 81.5 Å². The van der Waals surface area contributed by atoms with E-state index in [0.717, 1.165) is 18.7 Å². The summed E-state index contributed by atoms with van der Waals surface area (Å²) in [5.41, 5.74) is 0.495. The lowest BCUT2D eigenvalue weighted by molar-refractivity contribution is -0.173. The first-order chi connectivity index (χ1) is 11.2. The van der Waals surface area contributed by atoms with Gasteiger partial charge >= 0.3 is 5.97 Å². The molecule has 2 aliphatic rings. The number of nitrogens with zero attached hydrogens (tertiary/aromatic N) is 3. The molecule has 0 spiro atoms. The SMILES string of the molecule is O=C(ON1C(=O)c2ccccc2C1=O)C1CCCc2nccn21. The Hall–Kier alpha value is -2.96. The number of hydrogen-bond acceptors (Lipinski definition) is 5. The van der Waals surface area contributed by atoms with Gasteiger partial charge in [0.1, 0.15) is 11.9 Å². The monoisotopic (exact) mass is 311 g/mol. The second-order valence-corrected chi connectivity index (χ2v) is 5.52. The molecule has 2 aliphatic heterocycles. The number of fused-ring (bicyclic) bond motifs is 2. The van der Waals surface area contributed by atoms with Crippen molar-refractivity contribution in [3.05, 3.63) is 53.6 Å². The van der Waals surface area contributed by atoms with Crippen molar-refractivity contribution in [2.24, 2.45) is 0 Å². The van der Waals surface area contributed by atoms with Gasteiger partial charge < -0.3 is 9.40 Å². The number of imide groups is 1. The van der Waals surface area contributed by atoms with Crippen molar-refractivity contribution in [1.82, 2.24) is 14.6 Å². The second kappa shape index (κ2) is 5.05. The molecule has 7 heteroatoms. The molecule has 1 aromatic carbocycles. The molecule has 1 unspecified atom stereocenters. The minimum absolute atomic E-state index is 0.247. The first kappa shape index (κ1) is 13.7. The number of benzene rings is 1. The summed E-state index contributed by atoms with van der Waals surface area (Å²) in [6, 6.07) is 5.84. The molecule has 7 nitrogen and oxygen atoms in total. The molecule has 0 N–H and O–H groups in total. The zero-order chi connectivity index (χ0) is 16.0. The van der Waals surface area contributed by atoms with Gasteiger partial charge in [0.05, 0.1) is 11.1 Å². The maximum absolute atomic E-state index is 12.4. The largest absolute Gasteiger partial charge is 0.355 e. The molecule has 116 valence electrons. The number of hydrogen-bond donors (Lipinski definition) is 0. The molecule has 2 amide bonds. The zero-order valence-electron chi connectivity index (χ0n) is 12.1. The fourth-order valence-corrected chi connectivity index (χ4v) is 3.05. The lowest BCUT2D eigenvalue weighted by Crippen LogP contribution is -2.37. The summed E-state index contributed by atoms with van der Waals surface area (Å²) < 4.78 is 1.74. The number of hydroxylamine groups is 2. The van der Waals surface area contributed by atoms with Gasteiger partial charge in [-0.15, -0.1) is 0 Å². The Morgan fingerprint density at radius 3 is 2.57 bits per heavy atom. The Bertz CT molecular complexity index is 791. The molecular weight excluding hydrogens is 298 g/mol. The van der Waals surface area contributed by atoms with Crippen LogP contribution in [-0.2, 0) is 16.1 Å². The van der Waals surface area contributed by atoms with E-state index in [9.17, 15) is 14.4 Å². The molecule has 0 saturated carbocycles. The number of aromatic nitrogens is 2. The van der Waals surface area contributed by atoms with Crippen LogP contribution in [0.2, 0.25) is 0 Å². The van der Waals surface area contributed by atoms with Crippen LogP contribution in [0.5, 0.6) is 0 Å². The van der Waals surface area contributed by atoms with Gasteiger partial charge in [0.25, 0.3) is 11.8 Å². The molecule has 0 saturated heterocycles. The number of carbonyl (C=O) groups excluding carboxylic acids is 3. The number of imidazole rings is 1. The molecule has 3 heterocycles. The molecule has 4 rings (SSSR count). The number of amides is 2. The molecule has 1 atom stereocenters. The third-order valence-electron chi connectivity index (χ3n) is 4.17. The molecule has 0 fully saturated rings. The predicted molar refractivity (Wildman–Crippen MR) is 77.2 cm³/mol. The van der Waals surface area contributed by atoms with Crippen LogP contribution in [0.3, 0.4) is 0 Å². The molecule has 23 heavy (non-hydrogen) atoms. The van der Waals surface area contributed by atoms with E-state index in [-0.39, 0.29) is 11.1 Å². The Labute approximate surface area is 131 Å². The first-order valence-electron chi connectivity index (χ1n) is 7.38. The maximum atomic E-state index is 12.4. The van der Waals surface area contributed by atoms with Crippen LogP contribution in [0, 0.1) is 0 Å². The average Bonchev–Trinajstić information content (AvgIpc) is 3.14. The summed E-state index contributed by atoms with van der Waals surface area (Å²) in [4.78, 5) is 46.2. The van der Waals surface area contributed by atoms with Crippen LogP contribution in [-0.4, -0.2) is 32.4 Å². The highest BCUT2D eigenvalue weighted by molar-refractivity contribution is 6.20. The van der Waals surface area contributed by atoms with Gasteiger partial charge in [-0.05, 0) is 25.0 Å². The summed E-state index contributed by atoms with van der Waals surface area (Å²) in [6.07, 6.45) is 5.53. The minimum atomic E-state index is -0.626. The van der Waals surface area contributed by atoms with E-state index < -0.39 is 23.8 Å². The smallest absolute Gasteiger partial charge is 0.327 e. The Morgan fingerprint density at radius 2 is 1.87 bits per heavy atom. The Kier molecular flexibility index (Phi) is 3.00. The van der Waals surface area contributed by atoms with Crippen molar-refractivity contribution in [2.45, 2.75) is 25.3 Å². The van der Waals surface area contributed by atoms with Crippen LogP contribution < -0.4 is 0 Å². The van der Waals surface area contributed by atoms with Gasteiger partial charge in [0, 0.05) is 18.8 Å². The predicted octanol–water partition coefficient (Wildman–Crippen LogP) is 1.51. The Balaban J connectivity index is 1.57. The highest BCUT2D eigenvalue weighted by atomic mass is 16.7. The van der Waals surface area contributed by atoms with E-state index in [4.69, 9.17) is 4.84 Å². The van der Waals surface area contributed by atoms with E-state index in [1.807, 2.05) is 0 Å². The van der Waals surface area contributed by atoms with E-state index in [1.165, 1.54) is 12.1 Å². The van der Waals surface area contributed by atoms with Crippen molar-refractivity contribution in [3.63, 3.8) is 0 Å². The maximum Gasteiger partial charge on any atom is 0.355 e. The van der Waals surface area contributed by atoms with Crippen molar-refractivity contribution >= 4 is 17.8 Å². The van der Waals surface area contributed by atoms with Crippen molar-refractivity contribution in [1.29, 1.82) is 0 Å². The van der Waals surface area contributed by atoms with Crippen molar-refractivity contribution < 1.29 is 19.2 Å². The van der Waals surface area contributed by atoms with Gasteiger partial charge in [-0.25, -0.2) is 9.78 Å². The van der Waals surface area contributed by atoms with Crippen molar-refractivity contribution in [2.75, 3.05) is 0 Å². The second-order valence-electron chi connectivity index (χ2n) is 5.52. The van der Waals surface area contributed by atoms with E-state index in [1.54, 1.807) is 29.1 Å². The number of aryl methyl sites for hydroxylation is 1. The third-order valence-corrected chi connectivity index (χ3v) is 4.17. The van der Waals surface area contributed by atoms with Crippen LogP contribution >= 0.6 is 0 Å². The molecule has 2 aromatic rings. The molecule has 0 bridgehead atoms. The van der Waals surface area contributed by atoms with Gasteiger partial charge in [-0.2, -0.15) is 0 Å². The number of rotatable bonds is 2. The van der Waals surface area contributed by atoms with Crippen LogP contribution in [0.15, 0.2) is 36.7 Å². The van der Waals surface area contributed by atoms with Gasteiger partial charge in [0.15, 0.2) is 0 Å². The average molecular weight is 311 g/mol. The van der Waals surface area contributed by atoms with Crippen LogP contribution in [0.1, 0.15) is 45.4 Å². The van der Waals surface area contributed by atoms with E-state index in [2.05, 4.69) is 4.98 Å². The molecule has 0 aliphatic carbocycles. The lowest BCUT2D eigenvalue weighted by Gasteiger charge is -2.24. The summed E-state index contributed by atoms with van der Waals surface area (Å²) in [7, 11) is 0. The lowest BCUT2D eigenvalue weighted by atomic mass is 10.1. The summed E-state index contributed by atoms with van der Waals surface area (Å²) >= 11 is 0. The van der Waals surface area contributed by atoms with E-state index in [0.29, 0.717) is 11.5 Å². The van der Waals surface area contributed by atoms with E-state index >= 15 is 0 Å². The fourth-order valence-electron chi connectivity index (χ4n) is 3.05. The minimum Gasteiger partial charge on any atom is -0.327 e. The zero-order valence-corrected chi connectivity index (χ0v) is 12.1. The summed E-state index contributed by atoms with van der Waals surface area (Å²) in [6.45, 7) is 0. The van der Waals surface area contributed by atoms with Gasteiger partial charge in [-0.1, -0.05) is 17.2 Å². The quantitative estimate of drug-likeness (QED) is 0.785. The van der Waals surface area contributed by atoms with Gasteiger partial charge in [0.2, 0.25) is 0 Å². The van der Waals surface area contributed by atoms with Gasteiger partial charge in [-0.3, -0.25) is 9.59 Å². The highest BCUT2D eigenvalue weighted by Crippen LogP contribution is 2.28. The van der Waals surface area contributed by atoms with Crippen LogP contribution in [0.4, 0.5) is 0 Å². The molecule has 1 aromatic heterocycles.